The van der Waals surface area contributed by atoms with Gasteiger partial charge in [-0.3, -0.25) is 9.59 Å². The molecule has 4 nitrogen and oxygen atoms in total. The molecule has 0 saturated carbocycles. The zero-order chi connectivity index (χ0) is 14.7. The Labute approximate surface area is 118 Å². The Balaban J connectivity index is 2.43. The van der Waals surface area contributed by atoms with Crippen LogP contribution in [0, 0.1) is 0 Å². The lowest BCUT2D eigenvalue weighted by atomic mass is 10.1. The van der Waals surface area contributed by atoms with Crippen molar-refractivity contribution in [2.75, 3.05) is 0 Å². The monoisotopic (exact) mass is 272 g/mol. The van der Waals surface area contributed by atoms with Gasteiger partial charge in [0.05, 0.1) is 5.52 Å². The van der Waals surface area contributed by atoms with E-state index in [-0.39, 0.29) is 22.9 Å². The number of carbonyl (C=O) groups is 1. The number of benzene rings is 1. The summed E-state index contributed by atoms with van der Waals surface area (Å²) in [7, 11) is 1.84. The summed E-state index contributed by atoms with van der Waals surface area (Å²) in [6.45, 7) is 4.02. The van der Waals surface area contributed by atoms with Crippen LogP contribution in [0.4, 0.5) is 0 Å². The fourth-order valence-corrected chi connectivity index (χ4v) is 2.41. The summed E-state index contributed by atoms with van der Waals surface area (Å²) in [5, 5.41) is 3.45. The summed E-state index contributed by atoms with van der Waals surface area (Å²) in [6.07, 6.45) is 3.51. The number of nitrogens with zero attached hydrogens (tertiary/aromatic N) is 1. The van der Waals surface area contributed by atoms with E-state index in [2.05, 4.69) is 12.2 Å². The van der Waals surface area contributed by atoms with Crippen molar-refractivity contribution in [3.05, 3.63) is 46.2 Å². The van der Waals surface area contributed by atoms with Crippen molar-refractivity contribution >= 4 is 16.8 Å². The Hall–Kier alpha value is -2.10. The lowest BCUT2D eigenvalue weighted by Gasteiger charge is -2.14. The van der Waals surface area contributed by atoms with Crippen LogP contribution in [0.3, 0.4) is 0 Å². The molecule has 0 spiro atoms. The Bertz CT molecular complexity index is 688. The number of aromatic nitrogens is 1. The molecule has 1 atom stereocenters. The first kappa shape index (κ1) is 14.3. The molecule has 1 aromatic heterocycles. The fraction of sp³-hybridized carbons (Fsp3) is 0.375. The topological polar surface area (TPSA) is 51.1 Å². The molecule has 0 aliphatic heterocycles. The number of fused-ring (bicyclic) bond motifs is 1. The van der Waals surface area contributed by atoms with Gasteiger partial charge in [0, 0.05) is 24.7 Å². The van der Waals surface area contributed by atoms with E-state index in [1.807, 2.05) is 36.7 Å². The molecule has 0 fully saturated rings. The van der Waals surface area contributed by atoms with E-state index < -0.39 is 0 Å². The number of hydrogen-bond donors (Lipinski definition) is 1. The SMILES string of the molecule is CCC[C@H](C)NC(=O)c1cn(C)c2ccccc2c1=O. The van der Waals surface area contributed by atoms with Crippen LogP contribution in [0.5, 0.6) is 0 Å². The molecule has 0 unspecified atom stereocenters. The highest BCUT2D eigenvalue weighted by Gasteiger charge is 2.15. The second-order valence-electron chi connectivity index (χ2n) is 5.16. The predicted octanol–water partition coefficient (Wildman–Crippen LogP) is 2.46. The maximum absolute atomic E-state index is 12.4. The van der Waals surface area contributed by atoms with Gasteiger partial charge in [-0.1, -0.05) is 25.5 Å². The summed E-state index contributed by atoms with van der Waals surface area (Å²) < 4.78 is 1.82. The van der Waals surface area contributed by atoms with Crippen LogP contribution in [0.25, 0.3) is 10.9 Å². The van der Waals surface area contributed by atoms with Crippen molar-refractivity contribution in [3.8, 4) is 0 Å². The highest BCUT2D eigenvalue weighted by molar-refractivity contribution is 5.97. The number of carbonyl (C=O) groups excluding carboxylic acids is 1. The summed E-state index contributed by atoms with van der Waals surface area (Å²) in [5.74, 6) is -0.294. The Kier molecular flexibility index (Phi) is 4.23. The molecule has 0 radical (unpaired) electrons. The predicted molar refractivity (Wildman–Crippen MR) is 81.0 cm³/mol. The van der Waals surface area contributed by atoms with Crippen molar-refractivity contribution in [1.82, 2.24) is 9.88 Å². The summed E-state index contributed by atoms with van der Waals surface area (Å²) in [4.78, 5) is 24.6. The second kappa shape index (κ2) is 5.90. The molecule has 20 heavy (non-hydrogen) atoms. The molecule has 1 aromatic carbocycles. The van der Waals surface area contributed by atoms with Gasteiger partial charge in [0.1, 0.15) is 5.56 Å². The first-order valence-corrected chi connectivity index (χ1v) is 6.93. The largest absolute Gasteiger partial charge is 0.350 e. The quantitative estimate of drug-likeness (QED) is 0.929. The summed E-state index contributed by atoms with van der Waals surface area (Å²) in [6, 6.07) is 7.39. The smallest absolute Gasteiger partial charge is 0.256 e. The van der Waals surface area contributed by atoms with E-state index in [1.54, 1.807) is 12.3 Å². The molecule has 0 aliphatic carbocycles. The first-order valence-electron chi connectivity index (χ1n) is 6.93. The zero-order valence-electron chi connectivity index (χ0n) is 12.1. The molecule has 1 heterocycles. The normalized spacial score (nSPS) is 12.3. The number of nitrogens with one attached hydrogen (secondary N) is 1. The third-order valence-corrected chi connectivity index (χ3v) is 3.44. The molecule has 106 valence electrons. The maximum atomic E-state index is 12.4. The minimum absolute atomic E-state index is 0.0728. The number of pyridine rings is 1. The molecular formula is C16H20N2O2. The number of aryl methyl sites for hydroxylation is 1. The van der Waals surface area contributed by atoms with E-state index in [0.717, 1.165) is 18.4 Å². The number of para-hydroxylation sites is 1. The van der Waals surface area contributed by atoms with Crippen LogP contribution < -0.4 is 10.7 Å². The zero-order valence-corrected chi connectivity index (χ0v) is 12.1. The molecule has 0 aliphatic rings. The van der Waals surface area contributed by atoms with Gasteiger partial charge in [0.15, 0.2) is 0 Å². The van der Waals surface area contributed by atoms with Crippen molar-refractivity contribution in [2.45, 2.75) is 32.7 Å². The highest BCUT2D eigenvalue weighted by Crippen LogP contribution is 2.10. The molecule has 2 rings (SSSR count). The molecule has 4 heteroatoms. The van der Waals surface area contributed by atoms with Crippen LogP contribution in [0.2, 0.25) is 0 Å². The average Bonchev–Trinajstić information content (AvgIpc) is 2.43. The van der Waals surface area contributed by atoms with E-state index in [0.29, 0.717) is 5.39 Å². The minimum atomic E-state index is -0.294. The average molecular weight is 272 g/mol. The van der Waals surface area contributed by atoms with E-state index in [4.69, 9.17) is 0 Å². The third-order valence-electron chi connectivity index (χ3n) is 3.44. The van der Waals surface area contributed by atoms with Crippen LogP contribution in [-0.4, -0.2) is 16.5 Å². The van der Waals surface area contributed by atoms with E-state index in [9.17, 15) is 9.59 Å². The number of hydrogen-bond acceptors (Lipinski definition) is 2. The first-order chi connectivity index (χ1) is 9.54. The van der Waals surface area contributed by atoms with Gasteiger partial charge in [-0.2, -0.15) is 0 Å². The fourth-order valence-electron chi connectivity index (χ4n) is 2.41. The molecule has 1 N–H and O–H groups in total. The lowest BCUT2D eigenvalue weighted by molar-refractivity contribution is 0.0936. The Morgan fingerprint density at radius 3 is 2.75 bits per heavy atom. The van der Waals surface area contributed by atoms with Crippen LogP contribution in [0.15, 0.2) is 35.3 Å². The highest BCUT2D eigenvalue weighted by atomic mass is 16.2. The summed E-state index contributed by atoms with van der Waals surface area (Å²) in [5.41, 5.74) is 0.824. The standard InChI is InChI=1S/C16H20N2O2/c1-4-7-11(2)17-16(20)13-10-18(3)14-9-6-5-8-12(14)15(13)19/h5-6,8-11H,4,7H2,1-3H3,(H,17,20)/t11-/m0/s1. The third kappa shape index (κ3) is 2.74. The maximum Gasteiger partial charge on any atom is 0.256 e. The van der Waals surface area contributed by atoms with Gasteiger partial charge in [-0.25, -0.2) is 0 Å². The van der Waals surface area contributed by atoms with Gasteiger partial charge in [0.2, 0.25) is 5.43 Å². The second-order valence-corrected chi connectivity index (χ2v) is 5.16. The van der Waals surface area contributed by atoms with Crippen molar-refractivity contribution < 1.29 is 4.79 Å². The molecule has 0 bridgehead atoms. The van der Waals surface area contributed by atoms with Crippen molar-refractivity contribution in [3.63, 3.8) is 0 Å². The summed E-state index contributed by atoms with van der Waals surface area (Å²) >= 11 is 0. The molecular weight excluding hydrogens is 252 g/mol. The van der Waals surface area contributed by atoms with E-state index >= 15 is 0 Å². The van der Waals surface area contributed by atoms with Crippen molar-refractivity contribution in [1.29, 1.82) is 0 Å². The Morgan fingerprint density at radius 1 is 1.35 bits per heavy atom. The van der Waals surface area contributed by atoms with Crippen LogP contribution in [-0.2, 0) is 7.05 Å². The Morgan fingerprint density at radius 2 is 2.05 bits per heavy atom. The molecule has 0 saturated heterocycles. The minimum Gasteiger partial charge on any atom is -0.350 e. The van der Waals surface area contributed by atoms with Gasteiger partial charge >= 0.3 is 0 Å². The number of amides is 1. The molecule has 1 amide bonds. The van der Waals surface area contributed by atoms with E-state index in [1.165, 1.54) is 0 Å². The van der Waals surface area contributed by atoms with Crippen LogP contribution >= 0.6 is 0 Å². The lowest BCUT2D eigenvalue weighted by Crippen LogP contribution is -2.35. The molecule has 2 aromatic rings. The van der Waals surface area contributed by atoms with Gasteiger partial charge in [-0.05, 0) is 25.5 Å². The van der Waals surface area contributed by atoms with Gasteiger partial charge in [0.25, 0.3) is 5.91 Å². The van der Waals surface area contributed by atoms with Gasteiger partial charge in [-0.15, -0.1) is 0 Å². The van der Waals surface area contributed by atoms with Crippen LogP contribution in [0.1, 0.15) is 37.0 Å². The number of rotatable bonds is 4. The van der Waals surface area contributed by atoms with Gasteiger partial charge < -0.3 is 9.88 Å². The van der Waals surface area contributed by atoms with Crippen molar-refractivity contribution in [2.24, 2.45) is 7.05 Å².